The molecule has 2 N–H and O–H groups in total. The summed E-state index contributed by atoms with van der Waals surface area (Å²) in [5.74, 6) is 1.87. The molecule has 1 aliphatic heterocycles. The van der Waals surface area contributed by atoms with Crippen LogP contribution in [0.4, 0.5) is 10.6 Å². The number of aromatic nitrogens is 1. The topological polar surface area (TPSA) is 70.4 Å². The van der Waals surface area contributed by atoms with Gasteiger partial charge in [0.1, 0.15) is 11.6 Å². The van der Waals surface area contributed by atoms with Crippen molar-refractivity contribution >= 4 is 11.8 Å². The summed E-state index contributed by atoms with van der Waals surface area (Å²) in [6, 6.07) is 7.61. The largest absolute Gasteiger partial charge is 0.469 e. The molecule has 1 saturated heterocycles. The van der Waals surface area contributed by atoms with Gasteiger partial charge in [-0.25, -0.2) is 9.78 Å². The monoisotopic (exact) mass is 342 g/mol. The van der Waals surface area contributed by atoms with Gasteiger partial charge in [-0.1, -0.05) is 0 Å². The second-order valence-electron chi connectivity index (χ2n) is 6.58. The highest BCUT2D eigenvalue weighted by Gasteiger charge is 2.13. The fourth-order valence-electron chi connectivity index (χ4n) is 3.11. The molecular formula is C19H26N4O2. The van der Waals surface area contributed by atoms with E-state index < -0.39 is 0 Å². The summed E-state index contributed by atoms with van der Waals surface area (Å²) < 4.78 is 5.30. The molecule has 0 saturated carbocycles. The molecule has 6 heteroatoms. The van der Waals surface area contributed by atoms with Gasteiger partial charge in [0, 0.05) is 38.3 Å². The number of furan rings is 1. The smallest absolute Gasteiger partial charge is 0.315 e. The Hall–Kier alpha value is -2.50. The van der Waals surface area contributed by atoms with E-state index in [1.54, 1.807) is 6.26 Å². The number of carbonyl (C=O) groups excluding carboxylic acids is 1. The van der Waals surface area contributed by atoms with E-state index in [0.29, 0.717) is 13.0 Å². The van der Waals surface area contributed by atoms with Gasteiger partial charge in [-0.2, -0.15) is 0 Å². The predicted molar refractivity (Wildman–Crippen MR) is 97.5 cm³/mol. The Labute approximate surface area is 148 Å². The lowest BCUT2D eigenvalue weighted by Gasteiger charge is -2.27. The van der Waals surface area contributed by atoms with Crippen LogP contribution in [0.1, 0.15) is 37.5 Å². The number of nitrogens with zero attached hydrogens (tertiary/aromatic N) is 2. The van der Waals surface area contributed by atoms with Crippen molar-refractivity contribution in [1.29, 1.82) is 0 Å². The highest BCUT2D eigenvalue weighted by atomic mass is 16.3. The summed E-state index contributed by atoms with van der Waals surface area (Å²) in [5.41, 5.74) is 1.06. The maximum atomic E-state index is 12.1. The van der Waals surface area contributed by atoms with Crippen LogP contribution in [-0.2, 0) is 13.0 Å². The molecule has 0 aliphatic carbocycles. The first-order valence-electron chi connectivity index (χ1n) is 8.97. The molecule has 3 heterocycles. The van der Waals surface area contributed by atoms with Crippen molar-refractivity contribution in [1.82, 2.24) is 15.6 Å². The van der Waals surface area contributed by atoms with E-state index in [1.165, 1.54) is 19.3 Å². The van der Waals surface area contributed by atoms with Crippen LogP contribution in [0.15, 0.2) is 41.1 Å². The molecule has 2 aromatic rings. The first-order chi connectivity index (χ1) is 12.2. The van der Waals surface area contributed by atoms with Crippen LogP contribution < -0.4 is 15.5 Å². The molecule has 6 nitrogen and oxygen atoms in total. The molecule has 0 bridgehead atoms. The van der Waals surface area contributed by atoms with Crippen molar-refractivity contribution in [3.63, 3.8) is 0 Å². The van der Waals surface area contributed by atoms with E-state index >= 15 is 0 Å². The van der Waals surface area contributed by atoms with Crippen LogP contribution in [0.5, 0.6) is 0 Å². The number of nitrogens with one attached hydrogen (secondary N) is 2. The van der Waals surface area contributed by atoms with E-state index in [2.05, 4.69) is 26.6 Å². The third kappa shape index (κ3) is 5.24. The predicted octanol–water partition coefficient (Wildman–Crippen LogP) is 3.10. The molecule has 0 radical (unpaired) electrons. The molecule has 1 fully saturated rings. The van der Waals surface area contributed by atoms with E-state index in [4.69, 9.17) is 4.42 Å². The van der Waals surface area contributed by atoms with Crippen molar-refractivity contribution < 1.29 is 9.21 Å². The number of amides is 2. The standard InChI is InChI=1S/C19H26N4O2/c1-15(12-17-6-5-11-25-17)22-19(24)21-14-16-7-8-20-18(13-16)23-9-3-2-4-10-23/h5-8,11,13,15H,2-4,9-10,12,14H2,1H3,(H2,21,22,24)/t15-/m0/s1. The Kier molecular flexibility index (Phi) is 5.93. The van der Waals surface area contributed by atoms with Gasteiger partial charge in [-0.05, 0) is 56.0 Å². The second kappa shape index (κ2) is 8.55. The minimum atomic E-state index is -0.171. The molecule has 2 aromatic heterocycles. The van der Waals surface area contributed by atoms with Gasteiger partial charge in [0.25, 0.3) is 0 Å². The summed E-state index contributed by atoms with van der Waals surface area (Å²) in [7, 11) is 0. The van der Waals surface area contributed by atoms with Crippen LogP contribution in [0.25, 0.3) is 0 Å². The maximum Gasteiger partial charge on any atom is 0.315 e. The zero-order valence-corrected chi connectivity index (χ0v) is 14.7. The number of rotatable bonds is 6. The molecule has 25 heavy (non-hydrogen) atoms. The van der Waals surface area contributed by atoms with Crippen LogP contribution in [0.2, 0.25) is 0 Å². The van der Waals surface area contributed by atoms with Gasteiger partial charge < -0.3 is 20.0 Å². The summed E-state index contributed by atoms with van der Waals surface area (Å²) in [5, 5.41) is 5.84. The van der Waals surface area contributed by atoms with Crippen molar-refractivity contribution in [3.8, 4) is 0 Å². The first-order valence-corrected chi connectivity index (χ1v) is 8.97. The van der Waals surface area contributed by atoms with Crippen LogP contribution in [0.3, 0.4) is 0 Å². The highest BCUT2D eigenvalue weighted by molar-refractivity contribution is 5.74. The van der Waals surface area contributed by atoms with E-state index in [9.17, 15) is 4.79 Å². The lowest BCUT2D eigenvalue weighted by Crippen LogP contribution is -2.41. The zero-order chi connectivity index (χ0) is 17.5. The van der Waals surface area contributed by atoms with Gasteiger partial charge in [0.05, 0.1) is 6.26 Å². The number of hydrogen-bond donors (Lipinski definition) is 2. The van der Waals surface area contributed by atoms with Crippen molar-refractivity contribution in [2.45, 2.75) is 45.2 Å². The molecule has 1 aliphatic rings. The number of hydrogen-bond acceptors (Lipinski definition) is 4. The molecule has 0 unspecified atom stereocenters. The van der Waals surface area contributed by atoms with Gasteiger partial charge in [-0.3, -0.25) is 0 Å². The normalized spacial score (nSPS) is 15.6. The second-order valence-corrected chi connectivity index (χ2v) is 6.58. The van der Waals surface area contributed by atoms with Crippen molar-refractivity contribution in [2.24, 2.45) is 0 Å². The zero-order valence-electron chi connectivity index (χ0n) is 14.7. The Morgan fingerprint density at radius 1 is 1.32 bits per heavy atom. The molecule has 134 valence electrons. The summed E-state index contributed by atoms with van der Waals surface area (Å²) in [6.45, 7) is 4.58. The minimum absolute atomic E-state index is 0.00695. The highest BCUT2D eigenvalue weighted by Crippen LogP contribution is 2.18. The molecule has 1 atom stereocenters. The quantitative estimate of drug-likeness (QED) is 0.846. The third-order valence-electron chi connectivity index (χ3n) is 4.41. The van der Waals surface area contributed by atoms with Gasteiger partial charge in [-0.15, -0.1) is 0 Å². The Balaban J connectivity index is 1.46. The summed E-state index contributed by atoms with van der Waals surface area (Å²) in [6.07, 6.45) is 7.88. The Bertz CT molecular complexity index is 666. The number of carbonyl (C=O) groups is 1. The molecule has 0 spiro atoms. The Morgan fingerprint density at radius 2 is 2.16 bits per heavy atom. The van der Waals surface area contributed by atoms with Crippen LogP contribution >= 0.6 is 0 Å². The Morgan fingerprint density at radius 3 is 2.92 bits per heavy atom. The fourth-order valence-corrected chi connectivity index (χ4v) is 3.11. The van der Waals surface area contributed by atoms with Gasteiger partial charge in [0.2, 0.25) is 0 Å². The number of pyridine rings is 1. The average Bonchev–Trinajstić information content (AvgIpc) is 3.14. The van der Waals surface area contributed by atoms with E-state index in [1.807, 2.05) is 31.3 Å². The first kappa shape index (κ1) is 17.3. The van der Waals surface area contributed by atoms with Crippen LogP contribution in [0, 0.1) is 0 Å². The lowest BCUT2D eigenvalue weighted by molar-refractivity contribution is 0.237. The molecular weight excluding hydrogens is 316 g/mol. The fraction of sp³-hybridized carbons (Fsp3) is 0.474. The van der Waals surface area contributed by atoms with Crippen molar-refractivity contribution in [3.05, 3.63) is 48.0 Å². The van der Waals surface area contributed by atoms with Gasteiger partial charge >= 0.3 is 6.03 Å². The minimum Gasteiger partial charge on any atom is -0.469 e. The molecule has 2 amide bonds. The summed E-state index contributed by atoms with van der Waals surface area (Å²) >= 11 is 0. The maximum absolute atomic E-state index is 12.1. The number of piperidine rings is 1. The SMILES string of the molecule is C[C@@H](Cc1ccco1)NC(=O)NCc1ccnc(N2CCCCC2)c1. The summed E-state index contributed by atoms with van der Waals surface area (Å²) in [4.78, 5) is 18.8. The number of urea groups is 1. The molecule has 0 aromatic carbocycles. The van der Waals surface area contributed by atoms with Crippen LogP contribution in [-0.4, -0.2) is 30.1 Å². The van der Waals surface area contributed by atoms with Crippen molar-refractivity contribution in [2.75, 3.05) is 18.0 Å². The lowest BCUT2D eigenvalue weighted by atomic mass is 10.1. The van der Waals surface area contributed by atoms with Gasteiger partial charge in [0.15, 0.2) is 0 Å². The number of anilines is 1. The third-order valence-corrected chi connectivity index (χ3v) is 4.41. The molecule has 3 rings (SSSR count). The average molecular weight is 342 g/mol. The van der Waals surface area contributed by atoms with E-state index in [0.717, 1.165) is 30.2 Å². The van der Waals surface area contributed by atoms with E-state index in [-0.39, 0.29) is 12.1 Å².